The number of carbonyl (C=O) groups is 1. The maximum atomic E-state index is 13.4. The van der Waals surface area contributed by atoms with Crippen LogP contribution in [0.15, 0.2) is 42.5 Å². The fourth-order valence-corrected chi connectivity index (χ4v) is 1.76. The van der Waals surface area contributed by atoms with Crippen molar-refractivity contribution in [2.75, 3.05) is 11.1 Å². The van der Waals surface area contributed by atoms with Crippen molar-refractivity contribution < 1.29 is 13.9 Å². The summed E-state index contributed by atoms with van der Waals surface area (Å²) in [5, 5.41) is 2.69. The Morgan fingerprint density at radius 2 is 2.05 bits per heavy atom. The smallest absolute Gasteiger partial charge is 0.265 e. The molecule has 2 aromatic carbocycles. The Morgan fingerprint density at radius 1 is 1.29 bits per heavy atom. The van der Waals surface area contributed by atoms with E-state index < -0.39 is 6.10 Å². The zero-order valence-corrected chi connectivity index (χ0v) is 11.9. The zero-order chi connectivity index (χ0) is 15.4. The summed E-state index contributed by atoms with van der Waals surface area (Å²) in [6.07, 6.45) is -0.756. The number of amides is 1. The number of halogens is 1. The predicted molar refractivity (Wildman–Crippen MR) is 80.7 cm³/mol. The average Bonchev–Trinajstić information content (AvgIpc) is 2.43. The van der Waals surface area contributed by atoms with Gasteiger partial charge in [-0.1, -0.05) is 12.1 Å². The number of anilines is 2. The summed E-state index contributed by atoms with van der Waals surface area (Å²) in [6, 6.07) is 11.3. The summed E-state index contributed by atoms with van der Waals surface area (Å²) in [6.45, 7) is 3.26. The van der Waals surface area contributed by atoms with Crippen LogP contribution in [-0.2, 0) is 4.79 Å². The normalized spacial score (nSPS) is 11.8. The fraction of sp³-hybridized carbons (Fsp3) is 0.188. The lowest BCUT2D eigenvalue weighted by molar-refractivity contribution is -0.122. The lowest BCUT2D eigenvalue weighted by Gasteiger charge is -2.15. The first-order chi connectivity index (χ1) is 9.95. The molecule has 1 unspecified atom stereocenters. The van der Waals surface area contributed by atoms with E-state index in [0.717, 1.165) is 0 Å². The van der Waals surface area contributed by atoms with Gasteiger partial charge in [0.05, 0.1) is 0 Å². The van der Waals surface area contributed by atoms with Crippen molar-refractivity contribution in [3.63, 3.8) is 0 Å². The van der Waals surface area contributed by atoms with Gasteiger partial charge in [-0.15, -0.1) is 0 Å². The van der Waals surface area contributed by atoms with E-state index in [9.17, 15) is 9.18 Å². The first-order valence-electron chi connectivity index (χ1n) is 6.55. The summed E-state index contributed by atoms with van der Waals surface area (Å²) in [4.78, 5) is 12.0. The molecule has 0 fully saturated rings. The number of aryl methyl sites for hydroxylation is 1. The Bertz CT molecular complexity index is 658. The molecule has 110 valence electrons. The Labute approximate surface area is 122 Å². The van der Waals surface area contributed by atoms with Crippen LogP contribution in [0, 0.1) is 12.7 Å². The highest BCUT2D eigenvalue weighted by atomic mass is 19.1. The molecule has 21 heavy (non-hydrogen) atoms. The molecule has 5 heteroatoms. The molecule has 0 aliphatic rings. The van der Waals surface area contributed by atoms with Crippen LogP contribution in [0.2, 0.25) is 0 Å². The number of nitrogen functional groups attached to an aromatic ring is 1. The van der Waals surface area contributed by atoms with Gasteiger partial charge in [-0.05, 0) is 43.7 Å². The van der Waals surface area contributed by atoms with Crippen LogP contribution < -0.4 is 15.8 Å². The van der Waals surface area contributed by atoms with Crippen LogP contribution in [0.3, 0.4) is 0 Å². The van der Waals surface area contributed by atoms with Gasteiger partial charge >= 0.3 is 0 Å². The molecule has 0 aliphatic heterocycles. The Morgan fingerprint density at radius 3 is 2.71 bits per heavy atom. The van der Waals surface area contributed by atoms with Gasteiger partial charge in [-0.3, -0.25) is 4.79 Å². The Kier molecular flexibility index (Phi) is 4.42. The second kappa shape index (κ2) is 6.26. The Balaban J connectivity index is 2.00. The van der Waals surface area contributed by atoms with E-state index in [2.05, 4.69) is 5.32 Å². The van der Waals surface area contributed by atoms with Crippen LogP contribution >= 0.6 is 0 Å². The van der Waals surface area contributed by atoms with Crippen molar-refractivity contribution in [3.8, 4) is 5.75 Å². The van der Waals surface area contributed by atoms with Gasteiger partial charge in [0.2, 0.25) is 0 Å². The van der Waals surface area contributed by atoms with Gasteiger partial charge in [0.1, 0.15) is 11.6 Å². The minimum Gasteiger partial charge on any atom is -0.481 e. The van der Waals surface area contributed by atoms with Gasteiger partial charge in [0, 0.05) is 17.4 Å². The van der Waals surface area contributed by atoms with Crippen molar-refractivity contribution >= 4 is 17.3 Å². The largest absolute Gasteiger partial charge is 0.481 e. The molecule has 0 saturated carbocycles. The molecule has 0 aromatic heterocycles. The minimum atomic E-state index is -0.756. The molecular weight excluding hydrogens is 271 g/mol. The molecule has 2 aromatic rings. The number of benzene rings is 2. The quantitative estimate of drug-likeness (QED) is 0.850. The van der Waals surface area contributed by atoms with Crippen LogP contribution in [-0.4, -0.2) is 12.0 Å². The molecule has 0 aliphatic carbocycles. The summed E-state index contributed by atoms with van der Waals surface area (Å²) < 4.78 is 18.9. The summed E-state index contributed by atoms with van der Waals surface area (Å²) in [5.41, 5.74) is 7.31. The molecule has 0 spiro atoms. The molecule has 2 rings (SSSR count). The molecular formula is C16H17FN2O2. The minimum absolute atomic E-state index is 0.313. The Hall–Kier alpha value is -2.56. The predicted octanol–water partition coefficient (Wildman–Crippen LogP) is 3.12. The van der Waals surface area contributed by atoms with E-state index in [1.54, 1.807) is 50.2 Å². The third-order valence-electron chi connectivity index (χ3n) is 2.98. The monoisotopic (exact) mass is 288 g/mol. The summed E-state index contributed by atoms with van der Waals surface area (Å²) in [5.74, 6) is -0.383. The van der Waals surface area contributed by atoms with E-state index in [-0.39, 0.29) is 11.7 Å². The van der Waals surface area contributed by atoms with Gasteiger partial charge in [-0.25, -0.2) is 4.39 Å². The van der Waals surface area contributed by atoms with E-state index in [1.807, 2.05) is 0 Å². The van der Waals surface area contributed by atoms with Crippen LogP contribution in [0.25, 0.3) is 0 Å². The molecule has 0 saturated heterocycles. The van der Waals surface area contributed by atoms with Gasteiger partial charge < -0.3 is 15.8 Å². The van der Waals surface area contributed by atoms with Crippen LogP contribution in [0.1, 0.15) is 12.5 Å². The van der Waals surface area contributed by atoms with Crippen molar-refractivity contribution in [2.45, 2.75) is 20.0 Å². The highest BCUT2D eigenvalue weighted by Crippen LogP contribution is 2.18. The number of hydrogen-bond acceptors (Lipinski definition) is 3. The average molecular weight is 288 g/mol. The first-order valence-corrected chi connectivity index (χ1v) is 6.55. The molecule has 1 atom stereocenters. The third-order valence-corrected chi connectivity index (χ3v) is 2.98. The number of carbonyl (C=O) groups excluding carboxylic acids is 1. The second-order valence-corrected chi connectivity index (χ2v) is 4.79. The maximum Gasteiger partial charge on any atom is 0.265 e. The van der Waals surface area contributed by atoms with Crippen molar-refractivity contribution in [3.05, 3.63) is 53.8 Å². The van der Waals surface area contributed by atoms with Gasteiger partial charge in [-0.2, -0.15) is 0 Å². The molecule has 0 radical (unpaired) electrons. The SMILES string of the molecule is Cc1ccc(OC(C)C(=O)Nc2cccc(N)c2)cc1F. The number of nitrogens with one attached hydrogen (secondary N) is 1. The number of rotatable bonds is 4. The molecule has 4 nitrogen and oxygen atoms in total. The topological polar surface area (TPSA) is 64.3 Å². The molecule has 0 heterocycles. The zero-order valence-electron chi connectivity index (χ0n) is 11.9. The molecule has 3 N–H and O–H groups in total. The number of ether oxygens (including phenoxy) is 1. The lowest BCUT2D eigenvalue weighted by atomic mass is 10.2. The van der Waals surface area contributed by atoms with Crippen molar-refractivity contribution in [1.29, 1.82) is 0 Å². The van der Waals surface area contributed by atoms with Gasteiger partial charge in [0.25, 0.3) is 5.91 Å². The van der Waals surface area contributed by atoms with E-state index >= 15 is 0 Å². The summed E-state index contributed by atoms with van der Waals surface area (Å²) >= 11 is 0. The second-order valence-electron chi connectivity index (χ2n) is 4.79. The fourth-order valence-electron chi connectivity index (χ4n) is 1.76. The lowest BCUT2D eigenvalue weighted by Crippen LogP contribution is -2.30. The summed E-state index contributed by atoms with van der Waals surface area (Å²) in [7, 11) is 0. The van der Waals surface area contributed by atoms with Crippen LogP contribution in [0.5, 0.6) is 5.75 Å². The van der Waals surface area contributed by atoms with Crippen molar-refractivity contribution in [2.24, 2.45) is 0 Å². The number of hydrogen-bond donors (Lipinski definition) is 2. The standard InChI is InChI=1S/C16H17FN2O2/c1-10-6-7-14(9-15(10)17)21-11(2)16(20)19-13-5-3-4-12(18)8-13/h3-9,11H,18H2,1-2H3,(H,19,20). The number of nitrogens with two attached hydrogens (primary N) is 1. The van der Waals surface area contributed by atoms with E-state index in [1.165, 1.54) is 6.07 Å². The van der Waals surface area contributed by atoms with Gasteiger partial charge in [0.15, 0.2) is 6.10 Å². The molecule has 0 bridgehead atoms. The first kappa shape index (κ1) is 14.8. The van der Waals surface area contributed by atoms with Crippen molar-refractivity contribution in [1.82, 2.24) is 0 Å². The van der Waals surface area contributed by atoms with Crippen LogP contribution in [0.4, 0.5) is 15.8 Å². The third kappa shape index (κ3) is 3.95. The maximum absolute atomic E-state index is 13.4. The van der Waals surface area contributed by atoms with E-state index in [4.69, 9.17) is 10.5 Å². The highest BCUT2D eigenvalue weighted by molar-refractivity contribution is 5.94. The molecule has 1 amide bonds. The highest BCUT2D eigenvalue weighted by Gasteiger charge is 2.15. The van der Waals surface area contributed by atoms with E-state index in [0.29, 0.717) is 22.7 Å².